The molecule has 0 fully saturated rings. The van der Waals surface area contributed by atoms with Crippen molar-refractivity contribution in [2.24, 2.45) is 0 Å². The van der Waals surface area contributed by atoms with Gasteiger partial charge in [-0.3, -0.25) is 0 Å². The van der Waals surface area contributed by atoms with Crippen molar-refractivity contribution in [1.82, 2.24) is 19.8 Å². The fourth-order valence-corrected chi connectivity index (χ4v) is 3.94. The summed E-state index contributed by atoms with van der Waals surface area (Å²) in [7, 11) is 3.28. The first-order valence-electron chi connectivity index (χ1n) is 8.36. The van der Waals surface area contributed by atoms with E-state index in [1.165, 1.54) is 11.3 Å². The highest BCUT2D eigenvalue weighted by Crippen LogP contribution is 2.29. The Morgan fingerprint density at radius 2 is 1.74 bits per heavy atom. The van der Waals surface area contributed by atoms with Gasteiger partial charge in [0, 0.05) is 16.5 Å². The Hall–Kier alpha value is -2.45. The average molecular weight is 445 g/mol. The van der Waals surface area contributed by atoms with E-state index in [0.29, 0.717) is 0 Å². The SMILES string of the molecule is COc1ccc(CCc2nnc3sc(-c4ccc(Br)cc4)nn23)cc1OC. The normalized spacial score (nSPS) is 11.1. The van der Waals surface area contributed by atoms with Crippen molar-refractivity contribution in [3.8, 4) is 22.1 Å². The van der Waals surface area contributed by atoms with Crippen molar-refractivity contribution < 1.29 is 9.47 Å². The second-order valence-electron chi connectivity index (χ2n) is 5.91. The molecule has 0 aliphatic heterocycles. The number of hydrogen-bond acceptors (Lipinski definition) is 6. The maximum absolute atomic E-state index is 5.37. The highest BCUT2D eigenvalue weighted by molar-refractivity contribution is 9.10. The first kappa shape index (κ1) is 17.9. The lowest BCUT2D eigenvalue weighted by molar-refractivity contribution is 0.354. The monoisotopic (exact) mass is 444 g/mol. The van der Waals surface area contributed by atoms with Crippen LogP contribution in [0.1, 0.15) is 11.4 Å². The van der Waals surface area contributed by atoms with Gasteiger partial charge in [0.2, 0.25) is 4.96 Å². The first-order chi connectivity index (χ1) is 13.2. The van der Waals surface area contributed by atoms with E-state index in [1.807, 2.05) is 47.0 Å². The van der Waals surface area contributed by atoms with Gasteiger partial charge in [-0.05, 0) is 36.2 Å². The number of halogens is 1. The van der Waals surface area contributed by atoms with Gasteiger partial charge in [0.1, 0.15) is 5.01 Å². The summed E-state index contributed by atoms with van der Waals surface area (Å²) >= 11 is 4.99. The van der Waals surface area contributed by atoms with Crippen LogP contribution >= 0.6 is 27.3 Å². The minimum atomic E-state index is 0.727. The zero-order valence-electron chi connectivity index (χ0n) is 14.8. The molecule has 0 amide bonds. The molecule has 2 aromatic carbocycles. The van der Waals surface area contributed by atoms with E-state index in [2.05, 4.69) is 26.1 Å². The largest absolute Gasteiger partial charge is 0.493 e. The lowest BCUT2D eigenvalue weighted by atomic mass is 10.1. The van der Waals surface area contributed by atoms with Crippen molar-refractivity contribution in [3.63, 3.8) is 0 Å². The summed E-state index contributed by atoms with van der Waals surface area (Å²) in [6.07, 6.45) is 1.55. The molecular weight excluding hydrogens is 428 g/mol. The van der Waals surface area contributed by atoms with E-state index in [-0.39, 0.29) is 0 Å². The number of hydrogen-bond donors (Lipinski definition) is 0. The van der Waals surface area contributed by atoms with E-state index >= 15 is 0 Å². The van der Waals surface area contributed by atoms with Crippen molar-refractivity contribution in [1.29, 1.82) is 0 Å². The van der Waals surface area contributed by atoms with Gasteiger partial charge >= 0.3 is 0 Å². The molecule has 0 spiro atoms. The van der Waals surface area contributed by atoms with Crippen LogP contribution in [0, 0.1) is 0 Å². The number of fused-ring (bicyclic) bond motifs is 1. The minimum Gasteiger partial charge on any atom is -0.493 e. The number of ether oxygens (including phenoxy) is 2. The third-order valence-electron chi connectivity index (χ3n) is 4.23. The molecule has 2 aromatic heterocycles. The summed E-state index contributed by atoms with van der Waals surface area (Å²) in [5.74, 6) is 2.30. The molecule has 4 rings (SSSR count). The molecule has 0 radical (unpaired) electrons. The van der Waals surface area contributed by atoms with E-state index in [4.69, 9.17) is 14.6 Å². The Morgan fingerprint density at radius 1 is 0.963 bits per heavy atom. The van der Waals surface area contributed by atoms with Crippen molar-refractivity contribution in [3.05, 3.63) is 58.3 Å². The summed E-state index contributed by atoms with van der Waals surface area (Å²) in [5, 5.41) is 14.2. The summed E-state index contributed by atoms with van der Waals surface area (Å²) in [5.41, 5.74) is 2.22. The Labute approximate surface area is 168 Å². The van der Waals surface area contributed by atoms with Gasteiger partial charge in [0.05, 0.1) is 14.2 Å². The number of aromatic nitrogens is 4. The molecule has 0 aliphatic rings. The van der Waals surface area contributed by atoms with Gasteiger partial charge in [0.15, 0.2) is 17.3 Å². The van der Waals surface area contributed by atoms with E-state index in [0.717, 1.165) is 55.7 Å². The second-order valence-corrected chi connectivity index (χ2v) is 7.79. The molecule has 6 nitrogen and oxygen atoms in total. The molecule has 0 aliphatic carbocycles. The number of benzene rings is 2. The molecule has 0 bridgehead atoms. The van der Waals surface area contributed by atoms with Crippen LogP contribution in [-0.4, -0.2) is 34.0 Å². The Bertz CT molecular complexity index is 1080. The maximum Gasteiger partial charge on any atom is 0.234 e. The maximum atomic E-state index is 5.37. The average Bonchev–Trinajstić information content (AvgIpc) is 3.28. The molecule has 8 heteroatoms. The van der Waals surface area contributed by atoms with Crippen LogP contribution in [0.2, 0.25) is 0 Å². The second kappa shape index (κ2) is 7.66. The van der Waals surface area contributed by atoms with Gasteiger partial charge in [0.25, 0.3) is 0 Å². The highest BCUT2D eigenvalue weighted by Gasteiger charge is 2.13. The Morgan fingerprint density at radius 3 is 2.48 bits per heavy atom. The quantitative estimate of drug-likeness (QED) is 0.440. The third-order valence-corrected chi connectivity index (χ3v) is 5.71. The van der Waals surface area contributed by atoms with Crippen LogP contribution in [0.25, 0.3) is 15.5 Å². The standard InChI is InChI=1S/C19H17BrN4O2S/c1-25-15-9-3-12(11-16(15)26-2)4-10-17-21-22-19-24(17)23-18(27-19)13-5-7-14(20)8-6-13/h3,5-9,11H,4,10H2,1-2H3. The summed E-state index contributed by atoms with van der Waals surface area (Å²) in [4.78, 5) is 0.801. The predicted octanol–water partition coefficient (Wildman–Crippen LogP) is 4.42. The molecule has 4 aromatic rings. The molecule has 0 N–H and O–H groups in total. The summed E-state index contributed by atoms with van der Waals surface area (Å²) in [6, 6.07) is 14.0. The summed E-state index contributed by atoms with van der Waals surface area (Å²) < 4.78 is 13.5. The van der Waals surface area contributed by atoms with Crippen LogP contribution < -0.4 is 9.47 Å². The van der Waals surface area contributed by atoms with Crippen LogP contribution in [-0.2, 0) is 12.8 Å². The number of nitrogens with zero attached hydrogens (tertiary/aromatic N) is 4. The fourth-order valence-electron chi connectivity index (χ4n) is 2.81. The van der Waals surface area contributed by atoms with Gasteiger partial charge in [-0.2, -0.15) is 9.61 Å². The van der Waals surface area contributed by atoms with Crippen LogP contribution in [0.5, 0.6) is 11.5 Å². The molecule has 27 heavy (non-hydrogen) atoms. The minimum absolute atomic E-state index is 0.727. The number of rotatable bonds is 6. The van der Waals surface area contributed by atoms with Gasteiger partial charge in [-0.1, -0.05) is 45.5 Å². The van der Waals surface area contributed by atoms with E-state index in [9.17, 15) is 0 Å². The van der Waals surface area contributed by atoms with Gasteiger partial charge in [-0.25, -0.2) is 0 Å². The lowest BCUT2D eigenvalue weighted by Gasteiger charge is -2.09. The fraction of sp³-hybridized carbons (Fsp3) is 0.211. The van der Waals surface area contributed by atoms with E-state index in [1.54, 1.807) is 14.2 Å². The molecule has 0 saturated heterocycles. The number of aryl methyl sites for hydroxylation is 2. The van der Waals surface area contributed by atoms with Crippen molar-refractivity contribution >= 4 is 32.2 Å². The van der Waals surface area contributed by atoms with Gasteiger partial charge < -0.3 is 9.47 Å². The zero-order chi connectivity index (χ0) is 18.8. The molecule has 0 atom stereocenters. The molecule has 138 valence electrons. The van der Waals surface area contributed by atoms with Crippen molar-refractivity contribution in [2.75, 3.05) is 14.2 Å². The molecule has 0 saturated carbocycles. The Balaban J connectivity index is 1.55. The van der Waals surface area contributed by atoms with E-state index < -0.39 is 0 Å². The smallest absolute Gasteiger partial charge is 0.234 e. The van der Waals surface area contributed by atoms with Crippen LogP contribution in [0.3, 0.4) is 0 Å². The number of methoxy groups -OCH3 is 2. The Kier molecular flexibility index (Phi) is 5.09. The topological polar surface area (TPSA) is 61.5 Å². The van der Waals surface area contributed by atoms with Gasteiger partial charge in [-0.15, -0.1) is 10.2 Å². The lowest BCUT2D eigenvalue weighted by Crippen LogP contribution is -2.00. The molecule has 2 heterocycles. The first-order valence-corrected chi connectivity index (χ1v) is 9.97. The summed E-state index contributed by atoms with van der Waals surface area (Å²) in [6.45, 7) is 0. The van der Waals surface area contributed by atoms with Crippen LogP contribution in [0.4, 0.5) is 0 Å². The molecule has 0 unspecified atom stereocenters. The molecular formula is C19H17BrN4O2S. The highest BCUT2D eigenvalue weighted by atomic mass is 79.9. The van der Waals surface area contributed by atoms with Crippen LogP contribution in [0.15, 0.2) is 46.9 Å². The third kappa shape index (κ3) is 3.68. The van der Waals surface area contributed by atoms with Crippen molar-refractivity contribution in [2.45, 2.75) is 12.8 Å². The zero-order valence-corrected chi connectivity index (χ0v) is 17.2. The predicted molar refractivity (Wildman–Crippen MR) is 109 cm³/mol.